The van der Waals surface area contributed by atoms with E-state index in [4.69, 9.17) is 5.11 Å². The molecule has 0 spiro atoms. The van der Waals surface area contributed by atoms with Crippen molar-refractivity contribution in [2.75, 3.05) is 0 Å². The number of hydrogen-bond donors (Lipinski definition) is 3. The molecule has 0 aliphatic heterocycles. The molecule has 3 N–H and O–H groups in total. The maximum Gasteiger partial charge on any atom is 0.326 e. The monoisotopic (exact) mass is 266 g/mol. The van der Waals surface area contributed by atoms with Gasteiger partial charge in [-0.15, -0.1) is 0 Å². The molecular formula is C12H18N4O3. The summed E-state index contributed by atoms with van der Waals surface area (Å²) in [6.07, 6.45) is 2.95. The Balaban J connectivity index is 2.52. The fourth-order valence-electron chi connectivity index (χ4n) is 1.42. The highest BCUT2D eigenvalue weighted by Gasteiger charge is 2.32. The summed E-state index contributed by atoms with van der Waals surface area (Å²) in [5.74, 6) is -1.07. The van der Waals surface area contributed by atoms with Crippen molar-refractivity contribution in [3.63, 3.8) is 0 Å². The molecule has 1 aromatic rings. The summed E-state index contributed by atoms with van der Waals surface area (Å²) in [7, 11) is 0. The Morgan fingerprint density at radius 2 is 2.11 bits per heavy atom. The second-order valence-electron chi connectivity index (χ2n) is 5.17. The molecular weight excluding hydrogens is 248 g/mol. The predicted molar refractivity (Wildman–Crippen MR) is 68.3 cm³/mol. The molecule has 1 heterocycles. The van der Waals surface area contributed by atoms with Crippen LogP contribution in [0, 0.1) is 5.41 Å². The Morgan fingerprint density at radius 1 is 1.42 bits per heavy atom. The number of aromatic nitrogens is 2. The van der Waals surface area contributed by atoms with Gasteiger partial charge >= 0.3 is 12.0 Å². The topological polar surface area (TPSA) is 104 Å². The maximum atomic E-state index is 11.6. The van der Waals surface area contributed by atoms with E-state index < -0.39 is 23.5 Å². The number of urea groups is 1. The van der Waals surface area contributed by atoms with Crippen molar-refractivity contribution in [3.8, 4) is 0 Å². The van der Waals surface area contributed by atoms with Gasteiger partial charge in [0.1, 0.15) is 12.4 Å². The van der Waals surface area contributed by atoms with Gasteiger partial charge < -0.3 is 15.7 Å². The lowest BCUT2D eigenvalue weighted by atomic mass is 9.87. The lowest BCUT2D eigenvalue weighted by Crippen LogP contribution is -2.52. The van der Waals surface area contributed by atoms with Gasteiger partial charge in [-0.1, -0.05) is 20.8 Å². The number of nitrogens with zero attached hydrogens (tertiary/aromatic N) is 2. The number of carbonyl (C=O) groups is 2. The van der Waals surface area contributed by atoms with Crippen molar-refractivity contribution < 1.29 is 14.7 Å². The fraction of sp³-hybridized carbons (Fsp3) is 0.500. The van der Waals surface area contributed by atoms with Crippen molar-refractivity contribution in [2.45, 2.75) is 33.4 Å². The van der Waals surface area contributed by atoms with Crippen LogP contribution < -0.4 is 10.6 Å². The van der Waals surface area contributed by atoms with Gasteiger partial charge in [-0.3, -0.25) is 0 Å². The van der Waals surface area contributed by atoms with E-state index in [1.807, 2.05) is 0 Å². The normalized spacial score (nSPS) is 12.6. The van der Waals surface area contributed by atoms with E-state index in [1.165, 1.54) is 6.33 Å². The Kier molecular flexibility index (Phi) is 4.80. The number of carboxylic acid groups (broad SMARTS) is 1. The highest BCUT2D eigenvalue weighted by atomic mass is 16.4. The first-order valence-electron chi connectivity index (χ1n) is 5.83. The number of carboxylic acids is 1. The number of hydrogen-bond acceptors (Lipinski definition) is 4. The smallest absolute Gasteiger partial charge is 0.326 e. The zero-order valence-electron chi connectivity index (χ0n) is 11.2. The van der Waals surface area contributed by atoms with E-state index in [-0.39, 0.29) is 6.54 Å². The van der Waals surface area contributed by atoms with Crippen LogP contribution in [0.2, 0.25) is 0 Å². The van der Waals surface area contributed by atoms with Crippen molar-refractivity contribution in [2.24, 2.45) is 5.41 Å². The van der Waals surface area contributed by atoms with Crippen LogP contribution in [0.3, 0.4) is 0 Å². The summed E-state index contributed by atoms with van der Waals surface area (Å²) in [6.45, 7) is 5.45. The Hall–Kier alpha value is -2.18. The van der Waals surface area contributed by atoms with Gasteiger partial charge in [0.15, 0.2) is 0 Å². The molecule has 0 aliphatic carbocycles. The fourth-order valence-corrected chi connectivity index (χ4v) is 1.42. The summed E-state index contributed by atoms with van der Waals surface area (Å²) < 4.78 is 0. The van der Waals surface area contributed by atoms with Gasteiger partial charge in [0.2, 0.25) is 0 Å². The van der Waals surface area contributed by atoms with Gasteiger partial charge in [0.05, 0.1) is 12.2 Å². The minimum Gasteiger partial charge on any atom is -0.480 e. The molecule has 0 fully saturated rings. The molecule has 0 saturated heterocycles. The zero-order chi connectivity index (χ0) is 14.5. The lowest BCUT2D eigenvalue weighted by Gasteiger charge is -2.27. The van der Waals surface area contributed by atoms with E-state index in [0.29, 0.717) is 5.69 Å². The Bertz CT molecular complexity index is 442. The minimum absolute atomic E-state index is 0.213. The van der Waals surface area contributed by atoms with Gasteiger partial charge in [0.25, 0.3) is 0 Å². The summed E-state index contributed by atoms with van der Waals surface area (Å²) in [6, 6.07) is 0.164. The number of carbonyl (C=O) groups excluding carboxylic acids is 1. The zero-order valence-corrected chi connectivity index (χ0v) is 11.2. The number of aliphatic carboxylic acids is 1. The van der Waals surface area contributed by atoms with Crippen molar-refractivity contribution in [1.82, 2.24) is 20.6 Å². The van der Waals surface area contributed by atoms with Crippen LogP contribution in [-0.2, 0) is 11.3 Å². The molecule has 1 atom stereocenters. The average molecular weight is 266 g/mol. The number of rotatable bonds is 4. The van der Waals surface area contributed by atoms with Crippen LogP contribution in [0.4, 0.5) is 4.79 Å². The average Bonchev–Trinajstić information content (AvgIpc) is 2.33. The molecule has 104 valence electrons. The molecule has 19 heavy (non-hydrogen) atoms. The number of amides is 2. The van der Waals surface area contributed by atoms with Crippen LogP contribution in [0.5, 0.6) is 0 Å². The molecule has 7 nitrogen and oxygen atoms in total. The second-order valence-corrected chi connectivity index (χ2v) is 5.17. The SMILES string of the molecule is CC(C)(C)[C@@H](NC(=O)NCc1ccncn1)C(=O)O. The van der Waals surface area contributed by atoms with Crippen LogP contribution in [0.1, 0.15) is 26.5 Å². The van der Waals surface area contributed by atoms with E-state index >= 15 is 0 Å². The van der Waals surface area contributed by atoms with Crippen molar-refractivity contribution in [3.05, 3.63) is 24.3 Å². The molecule has 0 aromatic carbocycles. The molecule has 0 bridgehead atoms. The third kappa shape index (κ3) is 4.90. The third-order valence-corrected chi connectivity index (χ3v) is 2.46. The molecule has 1 aromatic heterocycles. The second kappa shape index (κ2) is 6.12. The lowest BCUT2D eigenvalue weighted by molar-refractivity contribution is -0.141. The van der Waals surface area contributed by atoms with Gasteiger partial charge in [-0.05, 0) is 11.5 Å². The van der Waals surface area contributed by atoms with Crippen LogP contribution in [-0.4, -0.2) is 33.1 Å². The maximum absolute atomic E-state index is 11.6. The van der Waals surface area contributed by atoms with Gasteiger partial charge in [0, 0.05) is 6.20 Å². The highest BCUT2D eigenvalue weighted by molar-refractivity contribution is 5.83. The molecule has 0 unspecified atom stereocenters. The van der Waals surface area contributed by atoms with E-state index in [0.717, 1.165) is 0 Å². The third-order valence-electron chi connectivity index (χ3n) is 2.46. The van der Waals surface area contributed by atoms with Crippen molar-refractivity contribution >= 4 is 12.0 Å². The first-order valence-corrected chi connectivity index (χ1v) is 5.83. The van der Waals surface area contributed by atoms with Gasteiger partial charge in [-0.2, -0.15) is 0 Å². The first-order chi connectivity index (χ1) is 8.80. The van der Waals surface area contributed by atoms with Gasteiger partial charge in [-0.25, -0.2) is 19.6 Å². The summed E-state index contributed by atoms with van der Waals surface area (Å²) >= 11 is 0. The first kappa shape index (κ1) is 14.9. The van der Waals surface area contributed by atoms with E-state index in [2.05, 4.69) is 20.6 Å². The Morgan fingerprint density at radius 3 is 2.58 bits per heavy atom. The minimum atomic E-state index is -1.07. The predicted octanol–water partition coefficient (Wildman–Crippen LogP) is 0.775. The van der Waals surface area contributed by atoms with Crippen LogP contribution in [0.15, 0.2) is 18.6 Å². The van der Waals surface area contributed by atoms with E-state index in [9.17, 15) is 9.59 Å². The molecule has 2 amide bonds. The summed E-state index contributed by atoms with van der Waals surface area (Å²) in [4.78, 5) is 30.4. The molecule has 0 radical (unpaired) electrons. The summed E-state index contributed by atoms with van der Waals surface area (Å²) in [5.41, 5.74) is 0.0748. The molecule has 0 saturated carbocycles. The standard InChI is InChI=1S/C12H18N4O3/c1-12(2,3)9(10(17)18)16-11(19)14-6-8-4-5-13-7-15-8/h4-5,7,9H,6H2,1-3H3,(H,17,18)(H2,14,16,19)/t9-/m0/s1. The van der Waals surface area contributed by atoms with Crippen LogP contribution >= 0.6 is 0 Å². The number of nitrogens with one attached hydrogen (secondary N) is 2. The van der Waals surface area contributed by atoms with Crippen LogP contribution in [0.25, 0.3) is 0 Å². The Labute approximate surface area is 111 Å². The molecule has 7 heteroatoms. The summed E-state index contributed by atoms with van der Waals surface area (Å²) in [5, 5.41) is 14.1. The molecule has 1 rings (SSSR count). The molecule has 0 aliphatic rings. The largest absolute Gasteiger partial charge is 0.480 e. The van der Waals surface area contributed by atoms with E-state index in [1.54, 1.807) is 33.0 Å². The quantitative estimate of drug-likeness (QED) is 0.747. The van der Waals surface area contributed by atoms with Crippen molar-refractivity contribution in [1.29, 1.82) is 0 Å². The highest BCUT2D eigenvalue weighted by Crippen LogP contribution is 2.19.